The molecule has 3 aliphatic heterocycles. The molecule has 1 aromatic carbocycles. The number of aryl methyl sites for hydroxylation is 2. The molecule has 46 heavy (non-hydrogen) atoms. The van der Waals surface area contributed by atoms with Gasteiger partial charge in [0.1, 0.15) is 29.4 Å². The van der Waals surface area contributed by atoms with E-state index in [0.717, 1.165) is 29.4 Å². The van der Waals surface area contributed by atoms with Crippen LogP contribution >= 0.6 is 0 Å². The second-order valence-corrected chi connectivity index (χ2v) is 12.5. The first-order valence-electron chi connectivity index (χ1n) is 15.3. The number of fused-ring (bicyclic) bond motifs is 6. The van der Waals surface area contributed by atoms with Crippen molar-refractivity contribution in [1.82, 2.24) is 9.55 Å². The number of nitrogens with one attached hydrogen (secondary N) is 1. The highest BCUT2D eigenvalue weighted by Crippen LogP contribution is 2.52. The van der Waals surface area contributed by atoms with Crippen LogP contribution in [0, 0.1) is 12.8 Å². The molecule has 0 saturated carbocycles. The summed E-state index contributed by atoms with van der Waals surface area (Å²) in [6.07, 6.45) is 4.98. The minimum atomic E-state index is -0.778. The molecular formula is C32H39N5O9. The van der Waals surface area contributed by atoms with Crippen molar-refractivity contribution in [2.75, 3.05) is 6.61 Å². The predicted octanol–water partition coefficient (Wildman–Crippen LogP) is 4.18. The van der Waals surface area contributed by atoms with Crippen LogP contribution in [0.15, 0.2) is 42.3 Å². The van der Waals surface area contributed by atoms with Gasteiger partial charge in [0.05, 0.1) is 41.4 Å². The fourth-order valence-corrected chi connectivity index (χ4v) is 6.02. The number of aromatic amines is 1. The number of aromatic nitrogens is 2. The standard InChI is InChI=1S/C22H26O5.C10H13N5O4/c1-6-7-13-10-15(23)26-21-16(13)20-14(8-9-22(4,5)27-20)19-17(21)18(24)11(2)12(3)25-19;1-5-3-15(10(18)12-9(5)17)8-2-6(13-14-11)7(4-16)19-8/h8-12,18,24H,6-7H2,1-5H3;3,6-8,16H,2,4H2,1H3,(H,12,17,18)/t11-,12-,18-;6-,7+,8+/m00/s1. The molecule has 5 heterocycles. The van der Waals surface area contributed by atoms with Gasteiger partial charge in [0, 0.05) is 35.1 Å². The van der Waals surface area contributed by atoms with Crippen LogP contribution < -0.4 is 26.3 Å². The molecule has 3 aliphatic rings. The quantitative estimate of drug-likeness (QED) is 0.159. The van der Waals surface area contributed by atoms with Crippen LogP contribution in [0.3, 0.4) is 0 Å². The topological polar surface area (TPSA) is 202 Å². The van der Waals surface area contributed by atoms with E-state index in [1.807, 2.05) is 39.8 Å². The molecular weight excluding hydrogens is 598 g/mol. The Morgan fingerprint density at radius 3 is 2.63 bits per heavy atom. The second-order valence-electron chi connectivity index (χ2n) is 12.5. The van der Waals surface area contributed by atoms with Crippen LogP contribution in [0.25, 0.3) is 27.5 Å². The monoisotopic (exact) mass is 637 g/mol. The first kappa shape index (κ1) is 33.0. The van der Waals surface area contributed by atoms with E-state index in [2.05, 4.69) is 21.9 Å². The predicted molar refractivity (Wildman–Crippen MR) is 169 cm³/mol. The molecule has 2 aromatic heterocycles. The van der Waals surface area contributed by atoms with Crippen LogP contribution in [-0.2, 0) is 11.2 Å². The highest BCUT2D eigenvalue weighted by atomic mass is 16.5. The first-order chi connectivity index (χ1) is 21.8. The van der Waals surface area contributed by atoms with Crippen LogP contribution in [0.5, 0.6) is 11.5 Å². The molecule has 0 bridgehead atoms. The van der Waals surface area contributed by atoms with Gasteiger partial charge < -0.3 is 28.8 Å². The summed E-state index contributed by atoms with van der Waals surface area (Å²) in [6, 6.07) is 0.995. The smallest absolute Gasteiger partial charge is 0.336 e. The van der Waals surface area contributed by atoms with Crippen molar-refractivity contribution in [2.45, 2.75) is 97.0 Å². The Labute approximate surface area is 263 Å². The third-order valence-electron chi connectivity index (χ3n) is 8.66. The Morgan fingerprint density at radius 2 is 1.96 bits per heavy atom. The minimum Gasteiger partial charge on any atom is -0.489 e. The number of hydrogen-bond donors (Lipinski definition) is 3. The zero-order valence-electron chi connectivity index (χ0n) is 26.6. The lowest BCUT2D eigenvalue weighted by Crippen LogP contribution is -2.34. The first-order valence-corrected chi connectivity index (χ1v) is 15.3. The molecule has 14 nitrogen and oxygen atoms in total. The molecule has 14 heteroatoms. The van der Waals surface area contributed by atoms with Gasteiger partial charge >= 0.3 is 11.3 Å². The lowest BCUT2D eigenvalue weighted by Gasteiger charge is -2.37. The fourth-order valence-electron chi connectivity index (χ4n) is 6.02. The van der Waals surface area contributed by atoms with Crippen molar-refractivity contribution in [3.63, 3.8) is 0 Å². The summed E-state index contributed by atoms with van der Waals surface area (Å²) in [6.45, 7) is 11.2. The van der Waals surface area contributed by atoms with Crippen molar-refractivity contribution in [2.24, 2.45) is 11.0 Å². The van der Waals surface area contributed by atoms with Crippen molar-refractivity contribution < 1.29 is 28.8 Å². The number of ether oxygens (including phenoxy) is 3. The van der Waals surface area contributed by atoms with Gasteiger partial charge in [-0.2, -0.15) is 0 Å². The van der Waals surface area contributed by atoms with E-state index in [9.17, 15) is 19.5 Å². The van der Waals surface area contributed by atoms with Crippen molar-refractivity contribution in [3.8, 4) is 11.5 Å². The maximum absolute atomic E-state index is 12.3. The number of azide groups is 1. The molecule has 3 N–H and O–H groups in total. The highest BCUT2D eigenvalue weighted by molar-refractivity contribution is 5.97. The number of hydrogen-bond acceptors (Lipinski definition) is 10. The van der Waals surface area contributed by atoms with E-state index < -0.39 is 47.0 Å². The largest absolute Gasteiger partial charge is 0.489 e. The Hall–Kier alpha value is -4.36. The molecule has 6 rings (SSSR count). The van der Waals surface area contributed by atoms with Gasteiger partial charge in [-0.05, 0) is 57.4 Å². The van der Waals surface area contributed by atoms with Crippen molar-refractivity contribution >= 4 is 17.0 Å². The van der Waals surface area contributed by atoms with Crippen LogP contribution in [0.2, 0.25) is 0 Å². The summed E-state index contributed by atoms with van der Waals surface area (Å²) < 4.78 is 24.8. The number of aliphatic hydroxyl groups excluding tert-OH is 2. The third kappa shape index (κ3) is 6.08. The van der Waals surface area contributed by atoms with E-state index in [1.165, 1.54) is 16.8 Å². The molecule has 0 radical (unpaired) electrons. The summed E-state index contributed by atoms with van der Waals surface area (Å²) in [5, 5.41) is 24.4. The molecule has 0 amide bonds. The second kappa shape index (κ2) is 12.8. The molecule has 0 spiro atoms. The Bertz CT molecular complexity index is 1900. The molecule has 1 saturated heterocycles. The van der Waals surface area contributed by atoms with Gasteiger partial charge in [-0.3, -0.25) is 14.3 Å². The van der Waals surface area contributed by atoms with E-state index in [4.69, 9.17) is 29.3 Å². The van der Waals surface area contributed by atoms with Gasteiger partial charge in [-0.15, -0.1) is 0 Å². The Balaban J connectivity index is 0.000000193. The number of aliphatic hydroxyl groups is 2. The number of rotatable bonds is 5. The van der Waals surface area contributed by atoms with Crippen molar-refractivity contribution in [1.29, 1.82) is 0 Å². The van der Waals surface area contributed by atoms with Gasteiger partial charge in [0.25, 0.3) is 5.56 Å². The van der Waals surface area contributed by atoms with Gasteiger partial charge in [-0.1, -0.05) is 25.4 Å². The average Bonchev–Trinajstić information content (AvgIpc) is 3.40. The van der Waals surface area contributed by atoms with Crippen LogP contribution in [0.4, 0.5) is 0 Å². The van der Waals surface area contributed by atoms with E-state index in [-0.39, 0.29) is 25.0 Å². The van der Waals surface area contributed by atoms with Crippen LogP contribution in [0.1, 0.15) is 82.0 Å². The minimum absolute atomic E-state index is 0.121. The molecule has 0 aliphatic carbocycles. The van der Waals surface area contributed by atoms with E-state index in [0.29, 0.717) is 28.2 Å². The highest BCUT2D eigenvalue weighted by Gasteiger charge is 2.40. The molecule has 3 aromatic rings. The van der Waals surface area contributed by atoms with E-state index in [1.54, 1.807) is 6.92 Å². The molecule has 1 fully saturated rings. The average molecular weight is 638 g/mol. The Kier molecular flexibility index (Phi) is 9.19. The number of benzene rings is 1. The van der Waals surface area contributed by atoms with Gasteiger partial charge in [0.2, 0.25) is 0 Å². The SMILES string of the molecule is CCCc1cc(=O)oc2c3c(c4c(c12)OC(C)(C)C=C4)O[C@@H](C)[C@H](C)[C@@H]3O.Cc1cn([C@H]2C[C@H](N=[N+]=[N-])[C@@H](CO)O2)c(=O)[nH]c1=O. The normalized spacial score (nSPS) is 25.7. The summed E-state index contributed by atoms with van der Waals surface area (Å²) in [5.41, 5.74) is 9.48. The van der Waals surface area contributed by atoms with E-state index >= 15 is 0 Å². The summed E-state index contributed by atoms with van der Waals surface area (Å²) in [7, 11) is 0. The molecule has 0 unspecified atom stereocenters. The maximum Gasteiger partial charge on any atom is 0.336 e. The van der Waals surface area contributed by atoms with Crippen LogP contribution in [-0.4, -0.2) is 50.2 Å². The Morgan fingerprint density at radius 1 is 1.22 bits per heavy atom. The lowest BCUT2D eigenvalue weighted by atomic mass is 9.85. The lowest BCUT2D eigenvalue weighted by molar-refractivity contribution is -0.0271. The zero-order valence-corrected chi connectivity index (χ0v) is 26.6. The summed E-state index contributed by atoms with van der Waals surface area (Å²) in [4.78, 5) is 40.1. The fraction of sp³-hybridized carbons (Fsp3) is 0.531. The summed E-state index contributed by atoms with van der Waals surface area (Å²) >= 11 is 0. The number of H-pyrrole nitrogens is 1. The van der Waals surface area contributed by atoms with Crippen molar-refractivity contribution in [3.05, 3.63) is 82.3 Å². The van der Waals surface area contributed by atoms with Gasteiger partial charge in [-0.25, -0.2) is 9.59 Å². The number of nitrogens with zero attached hydrogens (tertiary/aromatic N) is 4. The molecule has 6 atom stereocenters. The third-order valence-corrected chi connectivity index (χ3v) is 8.66. The summed E-state index contributed by atoms with van der Waals surface area (Å²) in [5.74, 6) is 1.10. The van der Waals surface area contributed by atoms with Gasteiger partial charge in [0.15, 0.2) is 5.58 Å². The maximum atomic E-state index is 12.3. The molecule has 246 valence electrons. The zero-order chi connectivity index (χ0) is 33.5.